The molecule has 6 nitrogen and oxygen atoms in total. The second-order valence-electron chi connectivity index (χ2n) is 5.72. The van der Waals surface area contributed by atoms with E-state index < -0.39 is 9.84 Å². The van der Waals surface area contributed by atoms with Gasteiger partial charge in [0.2, 0.25) is 0 Å². The van der Waals surface area contributed by atoms with Gasteiger partial charge in [-0.15, -0.1) is 0 Å². The smallest absolute Gasteiger partial charge is 0.163 e. The largest absolute Gasteiger partial charge is 0.366 e. The third-order valence-electron chi connectivity index (χ3n) is 3.43. The van der Waals surface area contributed by atoms with Gasteiger partial charge in [-0.05, 0) is 17.7 Å². The van der Waals surface area contributed by atoms with Gasteiger partial charge >= 0.3 is 0 Å². The molecule has 0 bridgehead atoms. The molecule has 0 fully saturated rings. The maximum Gasteiger partial charge on any atom is 0.163 e. The molecule has 25 heavy (non-hydrogen) atoms. The lowest BCUT2D eigenvalue weighted by molar-refractivity contribution is 0.600. The highest BCUT2D eigenvalue weighted by molar-refractivity contribution is 7.89. The van der Waals surface area contributed by atoms with Crippen LogP contribution in [0.1, 0.15) is 11.3 Å². The van der Waals surface area contributed by atoms with E-state index in [0.717, 1.165) is 11.1 Å². The highest BCUT2D eigenvalue weighted by atomic mass is 32.2. The minimum absolute atomic E-state index is 0.136. The van der Waals surface area contributed by atoms with Gasteiger partial charge in [0.25, 0.3) is 0 Å². The summed E-state index contributed by atoms with van der Waals surface area (Å²) in [5.41, 5.74) is 2.29. The minimum atomic E-state index is -3.19. The van der Waals surface area contributed by atoms with Gasteiger partial charge in [0, 0.05) is 36.8 Å². The molecule has 3 aromatic rings. The number of pyridine rings is 1. The highest BCUT2D eigenvalue weighted by Gasteiger charge is 2.11. The molecule has 0 amide bonds. The minimum Gasteiger partial charge on any atom is -0.366 e. The van der Waals surface area contributed by atoms with E-state index >= 15 is 0 Å². The Kier molecular flexibility index (Phi) is 5.04. The quantitative estimate of drug-likeness (QED) is 0.733. The van der Waals surface area contributed by atoms with E-state index in [-0.39, 0.29) is 5.75 Å². The lowest BCUT2D eigenvalue weighted by Crippen LogP contribution is -2.08. The fraction of sp³-hybridized carbons (Fsp3) is 0.167. The number of sulfone groups is 1. The lowest BCUT2D eigenvalue weighted by atomic mass is 10.2. The Morgan fingerprint density at radius 2 is 1.84 bits per heavy atom. The molecule has 0 spiro atoms. The number of aromatic nitrogens is 3. The van der Waals surface area contributed by atoms with Crippen LogP contribution < -0.4 is 5.32 Å². The zero-order valence-corrected chi connectivity index (χ0v) is 14.6. The number of hydrogen-bond donors (Lipinski definition) is 1. The van der Waals surface area contributed by atoms with Crippen LogP contribution in [0.4, 0.5) is 5.82 Å². The van der Waals surface area contributed by atoms with Gasteiger partial charge in [0.1, 0.15) is 5.82 Å². The van der Waals surface area contributed by atoms with Crippen molar-refractivity contribution in [1.29, 1.82) is 0 Å². The Bertz CT molecular complexity index is 945. The lowest BCUT2D eigenvalue weighted by Gasteiger charge is -2.10. The van der Waals surface area contributed by atoms with E-state index in [1.807, 2.05) is 36.4 Å². The molecule has 2 heterocycles. The number of benzene rings is 1. The van der Waals surface area contributed by atoms with Gasteiger partial charge in [-0.1, -0.05) is 30.3 Å². The summed E-state index contributed by atoms with van der Waals surface area (Å²) < 4.78 is 23.3. The van der Waals surface area contributed by atoms with Crippen molar-refractivity contribution in [3.8, 4) is 11.4 Å². The number of nitrogens with zero attached hydrogens (tertiary/aromatic N) is 3. The Morgan fingerprint density at radius 3 is 2.52 bits per heavy atom. The van der Waals surface area contributed by atoms with Crippen LogP contribution in [0.25, 0.3) is 11.4 Å². The first kappa shape index (κ1) is 17.0. The van der Waals surface area contributed by atoms with Crippen molar-refractivity contribution in [2.24, 2.45) is 0 Å². The van der Waals surface area contributed by atoms with Crippen LogP contribution in [0.5, 0.6) is 0 Å². The number of rotatable bonds is 6. The van der Waals surface area contributed by atoms with Crippen molar-refractivity contribution in [3.05, 3.63) is 72.2 Å². The van der Waals surface area contributed by atoms with Crippen LogP contribution >= 0.6 is 0 Å². The predicted octanol–water partition coefficient (Wildman–Crippen LogP) is 2.70. The van der Waals surface area contributed by atoms with Crippen molar-refractivity contribution in [2.75, 3.05) is 11.6 Å². The number of anilines is 1. The van der Waals surface area contributed by atoms with Gasteiger partial charge in [0.05, 0.1) is 11.4 Å². The predicted molar refractivity (Wildman–Crippen MR) is 97.6 cm³/mol. The van der Waals surface area contributed by atoms with Gasteiger partial charge < -0.3 is 5.32 Å². The summed E-state index contributed by atoms with van der Waals surface area (Å²) in [6.07, 6.45) is 4.51. The highest BCUT2D eigenvalue weighted by Crippen LogP contribution is 2.18. The fourth-order valence-electron chi connectivity index (χ4n) is 2.34. The van der Waals surface area contributed by atoms with Crippen molar-refractivity contribution >= 4 is 15.7 Å². The SMILES string of the molecule is CS(=O)(=O)Cc1cc(NCc2ccccc2)nc(-c2cccnc2)n1. The summed E-state index contributed by atoms with van der Waals surface area (Å²) in [5, 5.41) is 3.23. The zero-order valence-electron chi connectivity index (χ0n) is 13.8. The topological polar surface area (TPSA) is 84.8 Å². The molecule has 0 aliphatic rings. The Balaban J connectivity index is 1.92. The summed E-state index contributed by atoms with van der Waals surface area (Å²) in [5.74, 6) is 0.893. The first-order valence-electron chi connectivity index (χ1n) is 7.73. The van der Waals surface area contributed by atoms with Crippen molar-refractivity contribution in [3.63, 3.8) is 0 Å². The first-order chi connectivity index (χ1) is 12.0. The fourth-order valence-corrected chi connectivity index (χ4v) is 3.03. The molecule has 7 heteroatoms. The molecule has 0 radical (unpaired) electrons. The third kappa shape index (κ3) is 5.09. The normalized spacial score (nSPS) is 11.2. The molecule has 1 aromatic carbocycles. The summed E-state index contributed by atoms with van der Waals surface area (Å²) in [7, 11) is -3.19. The molecule has 0 unspecified atom stereocenters. The summed E-state index contributed by atoms with van der Waals surface area (Å²) in [6, 6.07) is 15.2. The van der Waals surface area contributed by atoms with E-state index in [1.54, 1.807) is 24.5 Å². The molecule has 3 rings (SSSR count). The maximum atomic E-state index is 11.6. The van der Waals surface area contributed by atoms with E-state index in [4.69, 9.17) is 0 Å². The van der Waals surface area contributed by atoms with E-state index in [2.05, 4.69) is 20.3 Å². The van der Waals surface area contributed by atoms with Crippen LogP contribution in [0, 0.1) is 0 Å². The monoisotopic (exact) mass is 354 g/mol. The third-order valence-corrected chi connectivity index (χ3v) is 4.25. The number of nitrogens with one attached hydrogen (secondary N) is 1. The van der Waals surface area contributed by atoms with Gasteiger partial charge in [-0.2, -0.15) is 0 Å². The second kappa shape index (κ2) is 7.40. The Morgan fingerprint density at radius 1 is 1.04 bits per heavy atom. The van der Waals surface area contributed by atoms with Crippen LogP contribution in [-0.2, 0) is 22.1 Å². The van der Waals surface area contributed by atoms with E-state index in [1.165, 1.54) is 6.26 Å². The average molecular weight is 354 g/mol. The first-order valence-corrected chi connectivity index (χ1v) is 9.79. The molecule has 0 saturated carbocycles. The molecule has 0 aliphatic heterocycles. The van der Waals surface area contributed by atoms with Crippen molar-refractivity contribution < 1.29 is 8.42 Å². The summed E-state index contributed by atoms with van der Waals surface area (Å²) >= 11 is 0. The van der Waals surface area contributed by atoms with Crippen LogP contribution in [-0.4, -0.2) is 29.6 Å². The number of hydrogen-bond acceptors (Lipinski definition) is 6. The molecular formula is C18H18N4O2S. The van der Waals surface area contributed by atoms with E-state index in [0.29, 0.717) is 23.9 Å². The van der Waals surface area contributed by atoms with Crippen LogP contribution in [0.3, 0.4) is 0 Å². The van der Waals surface area contributed by atoms with Crippen molar-refractivity contribution in [1.82, 2.24) is 15.0 Å². The second-order valence-corrected chi connectivity index (χ2v) is 7.86. The van der Waals surface area contributed by atoms with Gasteiger partial charge in [-0.3, -0.25) is 4.98 Å². The van der Waals surface area contributed by atoms with E-state index in [9.17, 15) is 8.42 Å². The van der Waals surface area contributed by atoms with Gasteiger partial charge in [-0.25, -0.2) is 18.4 Å². The molecule has 2 aromatic heterocycles. The molecule has 0 aliphatic carbocycles. The summed E-state index contributed by atoms with van der Waals surface area (Å²) in [6.45, 7) is 0.586. The molecule has 0 atom stereocenters. The molecular weight excluding hydrogens is 336 g/mol. The Hall–Kier alpha value is -2.80. The van der Waals surface area contributed by atoms with Crippen molar-refractivity contribution in [2.45, 2.75) is 12.3 Å². The Labute approximate surface area is 146 Å². The maximum absolute atomic E-state index is 11.6. The molecule has 128 valence electrons. The zero-order chi connectivity index (χ0) is 17.7. The standard InChI is InChI=1S/C18H18N4O2S/c1-25(23,24)13-16-10-17(20-11-14-6-3-2-4-7-14)22-18(21-16)15-8-5-9-19-12-15/h2-10,12H,11,13H2,1H3,(H,20,21,22). The van der Waals surface area contributed by atoms with Crippen LogP contribution in [0.2, 0.25) is 0 Å². The molecule has 1 N–H and O–H groups in total. The van der Waals surface area contributed by atoms with Gasteiger partial charge in [0.15, 0.2) is 15.7 Å². The average Bonchev–Trinajstić information content (AvgIpc) is 2.60. The molecule has 0 saturated heterocycles. The summed E-state index contributed by atoms with van der Waals surface area (Å²) in [4.78, 5) is 12.9. The van der Waals surface area contributed by atoms with Crippen LogP contribution in [0.15, 0.2) is 60.9 Å².